The van der Waals surface area contributed by atoms with Crippen LogP contribution in [-0.4, -0.2) is 37.0 Å². The first-order valence-corrected chi connectivity index (χ1v) is 6.42. The van der Waals surface area contributed by atoms with Gasteiger partial charge in [0.1, 0.15) is 11.6 Å². The van der Waals surface area contributed by atoms with Crippen molar-refractivity contribution in [3.63, 3.8) is 0 Å². The predicted molar refractivity (Wildman–Crippen MR) is 70.7 cm³/mol. The van der Waals surface area contributed by atoms with Crippen LogP contribution in [0, 0.1) is 5.92 Å². The molecule has 116 valence electrons. The van der Waals surface area contributed by atoms with Gasteiger partial charge in [0.05, 0.1) is 0 Å². The molecule has 0 radical (unpaired) electrons. The second-order valence-corrected chi connectivity index (χ2v) is 5.35. The third kappa shape index (κ3) is 7.60. The molecule has 20 heavy (non-hydrogen) atoms. The lowest BCUT2D eigenvalue weighted by Gasteiger charge is -2.25. The number of hydrogen-bond acceptors (Lipinski definition) is 6. The van der Waals surface area contributed by atoms with Crippen molar-refractivity contribution in [2.75, 3.05) is 6.79 Å². The van der Waals surface area contributed by atoms with Crippen LogP contribution in [0.25, 0.3) is 0 Å². The quantitative estimate of drug-likeness (QED) is 0.331. The van der Waals surface area contributed by atoms with Gasteiger partial charge in [-0.25, -0.2) is 9.59 Å². The molecule has 7 nitrogen and oxygen atoms in total. The number of ether oxygens (including phenoxy) is 3. The highest BCUT2D eigenvalue weighted by atomic mass is 16.7. The minimum atomic E-state index is -0.856. The SMILES string of the molecule is CC[C@H](C)[C@H](NC(=O)OC(C)(C)C)C(=O)OCOC=O. The van der Waals surface area contributed by atoms with E-state index in [2.05, 4.69) is 10.1 Å². The van der Waals surface area contributed by atoms with Crippen molar-refractivity contribution in [2.24, 2.45) is 5.92 Å². The molecule has 1 amide bonds. The van der Waals surface area contributed by atoms with E-state index in [9.17, 15) is 14.4 Å². The number of carbonyl (C=O) groups excluding carboxylic acids is 3. The number of rotatable bonds is 7. The van der Waals surface area contributed by atoms with Gasteiger partial charge in [-0.2, -0.15) is 0 Å². The highest BCUT2D eigenvalue weighted by Crippen LogP contribution is 2.12. The first-order valence-electron chi connectivity index (χ1n) is 6.42. The van der Waals surface area contributed by atoms with Crippen molar-refractivity contribution in [1.82, 2.24) is 5.32 Å². The van der Waals surface area contributed by atoms with Crippen molar-refractivity contribution in [3.05, 3.63) is 0 Å². The summed E-state index contributed by atoms with van der Waals surface area (Å²) in [6.45, 7) is 8.54. The monoisotopic (exact) mass is 289 g/mol. The van der Waals surface area contributed by atoms with Crippen molar-refractivity contribution in [3.8, 4) is 0 Å². The molecule has 1 N–H and O–H groups in total. The summed E-state index contributed by atoms with van der Waals surface area (Å²) >= 11 is 0. The molecule has 0 aliphatic heterocycles. The van der Waals surface area contributed by atoms with E-state index in [4.69, 9.17) is 9.47 Å². The Hall–Kier alpha value is -1.79. The van der Waals surface area contributed by atoms with Crippen LogP contribution in [0.15, 0.2) is 0 Å². The highest BCUT2D eigenvalue weighted by Gasteiger charge is 2.29. The van der Waals surface area contributed by atoms with Crippen molar-refractivity contribution < 1.29 is 28.6 Å². The highest BCUT2D eigenvalue weighted by molar-refractivity contribution is 5.81. The summed E-state index contributed by atoms with van der Waals surface area (Å²) in [5.41, 5.74) is -0.658. The zero-order valence-electron chi connectivity index (χ0n) is 12.6. The fourth-order valence-electron chi connectivity index (χ4n) is 1.31. The lowest BCUT2D eigenvalue weighted by molar-refractivity contribution is -0.163. The molecule has 0 saturated carbocycles. The minimum Gasteiger partial charge on any atom is -0.444 e. The molecular formula is C13H23NO6. The Morgan fingerprint density at radius 3 is 2.35 bits per heavy atom. The third-order valence-electron chi connectivity index (χ3n) is 2.48. The smallest absolute Gasteiger partial charge is 0.408 e. The van der Waals surface area contributed by atoms with E-state index in [0.29, 0.717) is 6.42 Å². The lowest BCUT2D eigenvalue weighted by Crippen LogP contribution is -2.47. The van der Waals surface area contributed by atoms with Crippen LogP contribution >= 0.6 is 0 Å². The van der Waals surface area contributed by atoms with Gasteiger partial charge >= 0.3 is 12.1 Å². The summed E-state index contributed by atoms with van der Waals surface area (Å²) < 4.78 is 14.1. The third-order valence-corrected chi connectivity index (χ3v) is 2.48. The van der Waals surface area contributed by atoms with Crippen LogP contribution in [0.3, 0.4) is 0 Å². The zero-order chi connectivity index (χ0) is 15.8. The van der Waals surface area contributed by atoms with Crippen LogP contribution in [-0.2, 0) is 23.8 Å². The Bertz CT molecular complexity index is 336. The summed E-state index contributed by atoms with van der Waals surface area (Å²) in [4.78, 5) is 33.5. The number of esters is 1. The molecule has 0 aliphatic carbocycles. The summed E-state index contributed by atoms with van der Waals surface area (Å²) in [6, 6.07) is -0.856. The molecular weight excluding hydrogens is 266 g/mol. The van der Waals surface area contributed by atoms with Gasteiger partial charge in [-0.15, -0.1) is 0 Å². The fourth-order valence-corrected chi connectivity index (χ4v) is 1.31. The fraction of sp³-hybridized carbons (Fsp3) is 0.769. The van der Waals surface area contributed by atoms with Gasteiger partial charge in [0.25, 0.3) is 6.47 Å². The Morgan fingerprint density at radius 1 is 1.30 bits per heavy atom. The van der Waals surface area contributed by atoms with Crippen LogP contribution in [0.4, 0.5) is 4.79 Å². The summed E-state index contributed by atoms with van der Waals surface area (Å²) in [7, 11) is 0. The Balaban J connectivity index is 4.60. The van der Waals surface area contributed by atoms with E-state index in [0.717, 1.165) is 0 Å². The topological polar surface area (TPSA) is 90.9 Å². The maximum absolute atomic E-state index is 11.8. The molecule has 2 atom stereocenters. The Kier molecular flexibility index (Phi) is 7.64. The molecule has 0 aliphatic rings. The van der Waals surface area contributed by atoms with Crippen molar-refractivity contribution >= 4 is 18.5 Å². The molecule has 0 spiro atoms. The number of alkyl carbamates (subject to hydrolysis) is 1. The van der Waals surface area contributed by atoms with Gasteiger partial charge in [0.2, 0.25) is 6.79 Å². The maximum atomic E-state index is 11.8. The van der Waals surface area contributed by atoms with Crippen LogP contribution in [0.5, 0.6) is 0 Å². The Labute approximate surface area is 118 Å². The van der Waals surface area contributed by atoms with E-state index in [1.807, 2.05) is 6.92 Å². The first kappa shape index (κ1) is 18.2. The summed E-state index contributed by atoms with van der Waals surface area (Å²) in [6.07, 6.45) is -0.0412. The maximum Gasteiger partial charge on any atom is 0.408 e. The van der Waals surface area contributed by atoms with Gasteiger partial charge in [0.15, 0.2) is 0 Å². The second kappa shape index (κ2) is 8.39. The molecule has 0 fully saturated rings. The van der Waals surface area contributed by atoms with Crippen molar-refractivity contribution in [2.45, 2.75) is 52.7 Å². The van der Waals surface area contributed by atoms with Crippen LogP contribution in [0.1, 0.15) is 41.0 Å². The normalized spacial score (nSPS) is 13.8. The van der Waals surface area contributed by atoms with Gasteiger partial charge < -0.3 is 19.5 Å². The number of carbonyl (C=O) groups is 3. The van der Waals surface area contributed by atoms with E-state index >= 15 is 0 Å². The van der Waals surface area contributed by atoms with Crippen molar-refractivity contribution in [1.29, 1.82) is 0 Å². The number of hydrogen-bond donors (Lipinski definition) is 1. The lowest BCUT2D eigenvalue weighted by atomic mass is 9.99. The van der Waals surface area contributed by atoms with E-state index < -0.39 is 30.5 Å². The largest absolute Gasteiger partial charge is 0.444 e. The summed E-state index contributed by atoms with van der Waals surface area (Å²) in [5, 5.41) is 2.47. The Morgan fingerprint density at radius 2 is 1.90 bits per heavy atom. The van der Waals surface area contributed by atoms with Gasteiger partial charge in [-0.3, -0.25) is 4.79 Å². The average Bonchev–Trinajstić information content (AvgIpc) is 2.33. The molecule has 0 aromatic rings. The first-order chi connectivity index (χ1) is 9.21. The molecule has 0 aromatic carbocycles. The van der Waals surface area contributed by atoms with E-state index in [-0.39, 0.29) is 12.4 Å². The van der Waals surface area contributed by atoms with Gasteiger partial charge in [-0.1, -0.05) is 20.3 Å². The standard InChI is InChI=1S/C13H23NO6/c1-6-9(2)10(11(16)19-8-18-7-15)14-12(17)20-13(3,4)5/h7,9-10H,6,8H2,1-5H3,(H,14,17)/t9-,10-/m0/s1. The van der Waals surface area contributed by atoms with Crippen LogP contribution < -0.4 is 5.32 Å². The average molecular weight is 289 g/mol. The number of nitrogens with one attached hydrogen (secondary N) is 1. The van der Waals surface area contributed by atoms with Gasteiger partial charge in [-0.05, 0) is 26.7 Å². The second-order valence-electron chi connectivity index (χ2n) is 5.35. The van der Waals surface area contributed by atoms with E-state index in [1.165, 1.54) is 0 Å². The molecule has 0 saturated heterocycles. The minimum absolute atomic E-state index is 0.147. The molecule has 0 rings (SSSR count). The molecule has 0 heterocycles. The molecule has 0 bridgehead atoms. The number of amides is 1. The molecule has 7 heteroatoms. The summed E-state index contributed by atoms with van der Waals surface area (Å²) in [5.74, 6) is -0.821. The predicted octanol–water partition coefficient (Wildman–Crippen LogP) is 1.60. The van der Waals surface area contributed by atoms with E-state index in [1.54, 1.807) is 27.7 Å². The molecule has 0 unspecified atom stereocenters. The van der Waals surface area contributed by atoms with Gasteiger partial charge in [0, 0.05) is 0 Å². The zero-order valence-corrected chi connectivity index (χ0v) is 12.6. The molecule has 0 aromatic heterocycles. The van der Waals surface area contributed by atoms with Crippen LogP contribution in [0.2, 0.25) is 0 Å².